The van der Waals surface area contributed by atoms with E-state index in [9.17, 15) is 0 Å². The van der Waals surface area contributed by atoms with Gasteiger partial charge in [-0.25, -0.2) is 0 Å². The molecule has 0 aromatic heterocycles. The van der Waals surface area contributed by atoms with Crippen molar-refractivity contribution >= 4 is 0 Å². The van der Waals surface area contributed by atoms with Crippen LogP contribution in [0.15, 0.2) is 0 Å². The zero-order chi connectivity index (χ0) is 11.6. The lowest BCUT2D eigenvalue weighted by Crippen LogP contribution is -2.56. The summed E-state index contributed by atoms with van der Waals surface area (Å²) in [7, 11) is 2.08. The second-order valence-electron chi connectivity index (χ2n) is 5.88. The Hall–Kier alpha value is -0.120. The predicted octanol–water partition coefficient (Wildman–Crippen LogP) is 1.63. The highest BCUT2D eigenvalue weighted by molar-refractivity contribution is 4.92. The summed E-state index contributed by atoms with van der Waals surface area (Å²) < 4.78 is 5.76. The second-order valence-corrected chi connectivity index (χ2v) is 5.88. The van der Waals surface area contributed by atoms with E-state index in [4.69, 9.17) is 4.74 Å². The molecule has 0 bridgehead atoms. The van der Waals surface area contributed by atoms with Crippen molar-refractivity contribution in [1.29, 1.82) is 0 Å². The maximum Gasteiger partial charge on any atom is 0.0703 e. The van der Waals surface area contributed by atoms with Crippen molar-refractivity contribution < 1.29 is 4.74 Å². The Morgan fingerprint density at radius 3 is 2.81 bits per heavy atom. The van der Waals surface area contributed by atoms with Gasteiger partial charge < -0.3 is 10.1 Å². The van der Waals surface area contributed by atoms with Crippen molar-refractivity contribution in [2.45, 2.75) is 57.2 Å². The molecule has 2 unspecified atom stereocenters. The van der Waals surface area contributed by atoms with Crippen LogP contribution in [0, 0.1) is 0 Å². The summed E-state index contributed by atoms with van der Waals surface area (Å²) in [6.45, 7) is 7.99. The molecule has 94 valence electrons. The summed E-state index contributed by atoms with van der Waals surface area (Å²) in [6, 6.07) is 0.662. The molecule has 0 amide bonds. The minimum absolute atomic E-state index is 0.347. The fourth-order valence-corrected chi connectivity index (χ4v) is 2.88. The first kappa shape index (κ1) is 12.3. The molecule has 2 saturated heterocycles. The van der Waals surface area contributed by atoms with Gasteiger partial charge in [-0.05, 0) is 46.6 Å². The molecule has 2 heterocycles. The third kappa shape index (κ3) is 2.76. The Bertz CT molecular complexity index is 224. The van der Waals surface area contributed by atoms with E-state index in [0.717, 1.165) is 13.2 Å². The van der Waals surface area contributed by atoms with E-state index < -0.39 is 0 Å². The molecular weight excluding hydrogens is 200 g/mol. The Labute approximate surface area is 99.5 Å². The number of piperidine rings is 1. The summed E-state index contributed by atoms with van der Waals surface area (Å²) in [4.78, 5) is 2.62. The summed E-state index contributed by atoms with van der Waals surface area (Å²) in [5.41, 5.74) is 0.347. The highest BCUT2D eigenvalue weighted by Gasteiger charge is 2.35. The third-order valence-corrected chi connectivity index (χ3v) is 4.26. The normalized spacial score (nSPS) is 35.4. The number of nitrogens with one attached hydrogen (secondary N) is 1. The van der Waals surface area contributed by atoms with Gasteiger partial charge in [-0.1, -0.05) is 0 Å². The molecule has 0 radical (unpaired) electrons. The highest BCUT2D eigenvalue weighted by Crippen LogP contribution is 2.29. The van der Waals surface area contributed by atoms with Gasteiger partial charge in [0.25, 0.3) is 0 Å². The lowest BCUT2D eigenvalue weighted by atomic mass is 9.87. The minimum Gasteiger partial charge on any atom is -0.377 e. The van der Waals surface area contributed by atoms with Crippen LogP contribution in [-0.2, 0) is 4.74 Å². The van der Waals surface area contributed by atoms with Crippen LogP contribution < -0.4 is 5.32 Å². The maximum atomic E-state index is 5.76. The highest BCUT2D eigenvalue weighted by atomic mass is 16.5. The van der Waals surface area contributed by atoms with Crippen LogP contribution in [-0.4, -0.2) is 49.3 Å². The molecule has 2 atom stereocenters. The van der Waals surface area contributed by atoms with Crippen molar-refractivity contribution in [1.82, 2.24) is 10.2 Å². The molecule has 2 rings (SSSR count). The van der Waals surface area contributed by atoms with Gasteiger partial charge in [0, 0.05) is 31.3 Å². The van der Waals surface area contributed by atoms with E-state index >= 15 is 0 Å². The molecule has 16 heavy (non-hydrogen) atoms. The van der Waals surface area contributed by atoms with Crippen LogP contribution in [0.3, 0.4) is 0 Å². The van der Waals surface area contributed by atoms with Crippen LogP contribution in [0.4, 0.5) is 0 Å². The van der Waals surface area contributed by atoms with E-state index in [0.29, 0.717) is 17.7 Å². The predicted molar refractivity (Wildman–Crippen MR) is 66.7 cm³/mol. The SMILES string of the molecule is CNC1CCC(C)(C)N(CC2CCCO2)C1. The minimum atomic E-state index is 0.347. The molecule has 3 nitrogen and oxygen atoms in total. The van der Waals surface area contributed by atoms with Gasteiger partial charge >= 0.3 is 0 Å². The van der Waals surface area contributed by atoms with E-state index in [2.05, 4.69) is 31.1 Å². The third-order valence-electron chi connectivity index (χ3n) is 4.26. The molecule has 0 spiro atoms. The summed E-state index contributed by atoms with van der Waals surface area (Å²) in [6.07, 6.45) is 5.55. The van der Waals surface area contributed by atoms with Crippen LogP contribution in [0.5, 0.6) is 0 Å². The molecule has 3 heteroatoms. The average molecular weight is 226 g/mol. The van der Waals surface area contributed by atoms with Crippen LogP contribution in [0.1, 0.15) is 39.5 Å². The Morgan fingerprint density at radius 2 is 2.19 bits per heavy atom. The quantitative estimate of drug-likeness (QED) is 0.791. The number of rotatable bonds is 3. The zero-order valence-electron chi connectivity index (χ0n) is 11.0. The van der Waals surface area contributed by atoms with Gasteiger partial charge in [0.15, 0.2) is 0 Å². The van der Waals surface area contributed by atoms with Crippen LogP contribution in [0.2, 0.25) is 0 Å². The van der Waals surface area contributed by atoms with Gasteiger partial charge in [-0.15, -0.1) is 0 Å². The molecule has 0 aliphatic carbocycles. The molecule has 2 aliphatic rings. The van der Waals surface area contributed by atoms with Crippen molar-refractivity contribution in [3.05, 3.63) is 0 Å². The van der Waals surface area contributed by atoms with E-state index in [1.54, 1.807) is 0 Å². The van der Waals surface area contributed by atoms with Crippen molar-refractivity contribution in [3.63, 3.8) is 0 Å². The fraction of sp³-hybridized carbons (Fsp3) is 1.00. The van der Waals surface area contributed by atoms with Crippen LogP contribution in [0.25, 0.3) is 0 Å². The Balaban J connectivity index is 1.92. The zero-order valence-corrected chi connectivity index (χ0v) is 11.0. The van der Waals surface area contributed by atoms with E-state index in [1.165, 1.54) is 32.2 Å². The average Bonchev–Trinajstić information content (AvgIpc) is 2.74. The van der Waals surface area contributed by atoms with Gasteiger partial charge in [0.2, 0.25) is 0 Å². The van der Waals surface area contributed by atoms with Gasteiger partial charge in [-0.2, -0.15) is 0 Å². The Morgan fingerprint density at radius 1 is 1.38 bits per heavy atom. The first-order valence-electron chi connectivity index (χ1n) is 6.66. The number of ether oxygens (including phenoxy) is 1. The number of nitrogens with zero attached hydrogens (tertiary/aromatic N) is 1. The van der Waals surface area contributed by atoms with Crippen molar-refractivity contribution in [3.8, 4) is 0 Å². The Kier molecular flexibility index (Phi) is 3.88. The first-order chi connectivity index (χ1) is 7.62. The van der Waals surface area contributed by atoms with E-state index in [-0.39, 0.29) is 0 Å². The molecule has 0 aromatic carbocycles. The summed E-state index contributed by atoms with van der Waals surface area (Å²) >= 11 is 0. The van der Waals surface area contributed by atoms with Gasteiger partial charge in [0.1, 0.15) is 0 Å². The van der Waals surface area contributed by atoms with Gasteiger partial charge in [-0.3, -0.25) is 4.90 Å². The first-order valence-corrected chi connectivity index (χ1v) is 6.66. The fourth-order valence-electron chi connectivity index (χ4n) is 2.88. The standard InChI is InChI=1S/C13H26N2O/c1-13(2)7-6-11(14-3)9-15(13)10-12-5-4-8-16-12/h11-12,14H,4-10H2,1-3H3. The molecule has 2 aliphatic heterocycles. The maximum absolute atomic E-state index is 5.76. The molecule has 0 aromatic rings. The number of likely N-dealkylation sites (tertiary alicyclic amines) is 1. The lowest BCUT2D eigenvalue weighted by molar-refractivity contribution is 0.00391. The van der Waals surface area contributed by atoms with Gasteiger partial charge in [0.05, 0.1) is 6.10 Å². The molecule has 1 N–H and O–H groups in total. The number of hydrogen-bond acceptors (Lipinski definition) is 3. The van der Waals surface area contributed by atoms with Crippen molar-refractivity contribution in [2.75, 3.05) is 26.7 Å². The molecule has 2 fully saturated rings. The van der Waals surface area contributed by atoms with Crippen LogP contribution >= 0.6 is 0 Å². The van der Waals surface area contributed by atoms with E-state index in [1.807, 2.05) is 0 Å². The monoisotopic (exact) mass is 226 g/mol. The topological polar surface area (TPSA) is 24.5 Å². The molecule has 0 saturated carbocycles. The number of likely N-dealkylation sites (N-methyl/N-ethyl adjacent to an activating group) is 1. The summed E-state index contributed by atoms with van der Waals surface area (Å²) in [5, 5.41) is 3.41. The summed E-state index contributed by atoms with van der Waals surface area (Å²) in [5.74, 6) is 0. The van der Waals surface area contributed by atoms with Crippen molar-refractivity contribution in [2.24, 2.45) is 0 Å². The lowest BCUT2D eigenvalue weighted by Gasteiger charge is -2.46. The second kappa shape index (κ2) is 5.03. The molecular formula is C13H26N2O. The largest absolute Gasteiger partial charge is 0.377 e. The smallest absolute Gasteiger partial charge is 0.0703 e. The number of hydrogen-bond donors (Lipinski definition) is 1.